The van der Waals surface area contributed by atoms with Gasteiger partial charge in [-0.15, -0.1) is 0 Å². The quantitative estimate of drug-likeness (QED) is 0.337. The van der Waals surface area contributed by atoms with Crippen molar-refractivity contribution in [2.24, 2.45) is 0 Å². The van der Waals surface area contributed by atoms with Gasteiger partial charge in [-0.2, -0.15) is 0 Å². The fourth-order valence-corrected chi connectivity index (χ4v) is 1.79. The van der Waals surface area contributed by atoms with Crippen LogP contribution in [0.3, 0.4) is 0 Å². The maximum Gasteiger partial charge on any atom is 0.292 e. The number of nitrogen functional groups attached to an aromatic ring is 1. The molecular formula is C13H21N3O3. The molecule has 1 aromatic carbocycles. The summed E-state index contributed by atoms with van der Waals surface area (Å²) in [7, 11) is 0. The summed E-state index contributed by atoms with van der Waals surface area (Å²) in [5, 5.41) is 10.8. The third-order valence-corrected chi connectivity index (χ3v) is 2.90. The Morgan fingerprint density at radius 2 is 2.16 bits per heavy atom. The lowest BCUT2D eigenvalue weighted by atomic mass is 10.1. The highest BCUT2D eigenvalue weighted by molar-refractivity contribution is 5.59. The van der Waals surface area contributed by atoms with Crippen LogP contribution in [0.5, 0.6) is 0 Å². The Hall–Kier alpha value is -1.66. The molecule has 19 heavy (non-hydrogen) atoms. The van der Waals surface area contributed by atoms with E-state index in [0.29, 0.717) is 19.8 Å². The molecule has 106 valence electrons. The average molecular weight is 267 g/mol. The summed E-state index contributed by atoms with van der Waals surface area (Å²) >= 11 is 0. The van der Waals surface area contributed by atoms with Crippen LogP contribution in [0.25, 0.3) is 0 Å². The Labute approximate surface area is 113 Å². The van der Waals surface area contributed by atoms with E-state index in [-0.39, 0.29) is 11.4 Å². The van der Waals surface area contributed by atoms with E-state index < -0.39 is 4.92 Å². The molecule has 0 radical (unpaired) electrons. The third-order valence-electron chi connectivity index (χ3n) is 2.90. The minimum Gasteiger partial charge on any atom is -0.393 e. The summed E-state index contributed by atoms with van der Waals surface area (Å²) < 4.78 is 5.31. The molecule has 0 aliphatic heterocycles. The molecule has 6 heteroatoms. The third kappa shape index (κ3) is 4.84. The molecule has 1 aromatic rings. The molecule has 0 atom stereocenters. The number of anilines is 1. The van der Waals surface area contributed by atoms with Crippen LogP contribution in [0.1, 0.15) is 19.4 Å². The highest BCUT2D eigenvalue weighted by Crippen LogP contribution is 2.22. The molecule has 0 aromatic heterocycles. The Bertz CT molecular complexity index is 424. The van der Waals surface area contributed by atoms with E-state index in [9.17, 15) is 10.1 Å². The van der Waals surface area contributed by atoms with Crippen LogP contribution in [0.4, 0.5) is 11.4 Å². The number of nitro groups is 1. The lowest BCUT2D eigenvalue weighted by molar-refractivity contribution is -0.384. The summed E-state index contributed by atoms with van der Waals surface area (Å²) in [5.74, 6) is 0. The van der Waals surface area contributed by atoms with E-state index in [1.807, 2.05) is 13.0 Å². The molecule has 2 N–H and O–H groups in total. The second kappa shape index (κ2) is 7.70. The van der Waals surface area contributed by atoms with E-state index in [1.165, 1.54) is 0 Å². The van der Waals surface area contributed by atoms with Crippen LogP contribution in [0, 0.1) is 10.1 Å². The van der Waals surface area contributed by atoms with E-state index in [2.05, 4.69) is 11.8 Å². The maximum absolute atomic E-state index is 10.8. The summed E-state index contributed by atoms with van der Waals surface area (Å²) in [4.78, 5) is 12.6. The van der Waals surface area contributed by atoms with Crippen molar-refractivity contribution in [3.05, 3.63) is 33.9 Å². The number of hydrogen-bond donors (Lipinski definition) is 1. The van der Waals surface area contributed by atoms with E-state index in [4.69, 9.17) is 10.5 Å². The summed E-state index contributed by atoms with van der Waals surface area (Å²) in [5.41, 5.74) is 6.64. The second-order valence-corrected chi connectivity index (χ2v) is 4.22. The van der Waals surface area contributed by atoms with E-state index in [1.54, 1.807) is 12.1 Å². The first-order chi connectivity index (χ1) is 9.08. The number of likely N-dealkylation sites (N-methyl/N-ethyl adjacent to an activating group) is 1. The lowest BCUT2D eigenvalue weighted by Gasteiger charge is -2.20. The first-order valence-corrected chi connectivity index (χ1v) is 6.41. The Balaban J connectivity index is 2.69. The average Bonchev–Trinajstić information content (AvgIpc) is 2.39. The first kappa shape index (κ1) is 15.4. The second-order valence-electron chi connectivity index (χ2n) is 4.22. The molecule has 0 unspecified atom stereocenters. The van der Waals surface area contributed by atoms with Gasteiger partial charge in [0.05, 0.1) is 11.5 Å². The maximum atomic E-state index is 10.8. The molecule has 0 saturated heterocycles. The van der Waals surface area contributed by atoms with Crippen LogP contribution in [-0.4, -0.2) is 36.1 Å². The van der Waals surface area contributed by atoms with Gasteiger partial charge in [-0.1, -0.05) is 13.0 Å². The molecule has 0 bridgehead atoms. The number of nitro benzene ring substituents is 1. The van der Waals surface area contributed by atoms with E-state index >= 15 is 0 Å². The minimum atomic E-state index is -0.449. The van der Waals surface area contributed by atoms with Gasteiger partial charge in [-0.05, 0) is 25.1 Å². The molecule has 6 nitrogen and oxygen atoms in total. The fourth-order valence-electron chi connectivity index (χ4n) is 1.79. The summed E-state index contributed by atoms with van der Waals surface area (Å²) in [6.07, 6.45) is 0. The molecule has 0 heterocycles. The topological polar surface area (TPSA) is 81.6 Å². The number of rotatable bonds is 8. The fraction of sp³-hybridized carbons (Fsp3) is 0.538. The van der Waals surface area contributed by atoms with Gasteiger partial charge in [-0.3, -0.25) is 15.0 Å². The number of nitrogens with zero attached hydrogens (tertiary/aromatic N) is 2. The summed E-state index contributed by atoms with van der Waals surface area (Å²) in [6.45, 7) is 7.71. The van der Waals surface area contributed by atoms with Gasteiger partial charge in [-0.25, -0.2) is 0 Å². The predicted molar refractivity (Wildman–Crippen MR) is 75.0 cm³/mol. The van der Waals surface area contributed by atoms with Gasteiger partial charge in [0, 0.05) is 25.8 Å². The van der Waals surface area contributed by atoms with Gasteiger partial charge < -0.3 is 10.5 Å². The van der Waals surface area contributed by atoms with Crippen LogP contribution in [0.15, 0.2) is 18.2 Å². The highest BCUT2D eigenvalue weighted by atomic mass is 16.6. The summed E-state index contributed by atoms with van der Waals surface area (Å²) in [6, 6.07) is 4.95. The van der Waals surface area contributed by atoms with Crippen molar-refractivity contribution in [2.75, 3.05) is 32.0 Å². The predicted octanol–water partition coefficient (Wildman–Crippen LogP) is 2.04. The Morgan fingerprint density at radius 3 is 2.74 bits per heavy atom. The largest absolute Gasteiger partial charge is 0.393 e. The molecular weight excluding hydrogens is 246 g/mol. The molecule has 0 aliphatic carbocycles. The van der Waals surface area contributed by atoms with Crippen molar-refractivity contribution < 1.29 is 9.66 Å². The number of hydrogen-bond acceptors (Lipinski definition) is 5. The zero-order chi connectivity index (χ0) is 14.3. The van der Waals surface area contributed by atoms with Crippen LogP contribution in [0.2, 0.25) is 0 Å². The van der Waals surface area contributed by atoms with E-state index in [0.717, 1.165) is 18.7 Å². The molecule has 0 amide bonds. The molecule has 0 spiro atoms. The van der Waals surface area contributed by atoms with Gasteiger partial charge in [0.15, 0.2) is 0 Å². The molecule has 0 saturated carbocycles. The SMILES string of the molecule is CCOCCN(CC)Cc1ccc(N)c([N+](=O)[O-])c1. The normalized spacial score (nSPS) is 10.9. The lowest BCUT2D eigenvalue weighted by Crippen LogP contribution is -2.27. The first-order valence-electron chi connectivity index (χ1n) is 6.41. The number of nitrogens with two attached hydrogens (primary N) is 1. The van der Waals surface area contributed by atoms with Crippen molar-refractivity contribution in [1.82, 2.24) is 4.90 Å². The zero-order valence-electron chi connectivity index (χ0n) is 11.5. The molecule has 0 aliphatic rings. The smallest absolute Gasteiger partial charge is 0.292 e. The van der Waals surface area contributed by atoms with Crippen molar-refractivity contribution in [3.8, 4) is 0 Å². The Morgan fingerprint density at radius 1 is 1.42 bits per heavy atom. The Kier molecular flexibility index (Phi) is 6.24. The van der Waals surface area contributed by atoms with Crippen molar-refractivity contribution in [3.63, 3.8) is 0 Å². The zero-order valence-corrected chi connectivity index (χ0v) is 11.5. The van der Waals surface area contributed by atoms with Gasteiger partial charge in [0.2, 0.25) is 0 Å². The molecule has 0 fully saturated rings. The van der Waals surface area contributed by atoms with Gasteiger partial charge >= 0.3 is 0 Å². The van der Waals surface area contributed by atoms with Gasteiger partial charge in [0.1, 0.15) is 5.69 Å². The van der Waals surface area contributed by atoms with Crippen LogP contribution in [-0.2, 0) is 11.3 Å². The van der Waals surface area contributed by atoms with Gasteiger partial charge in [0.25, 0.3) is 5.69 Å². The molecule has 1 rings (SSSR count). The minimum absolute atomic E-state index is 0.0293. The monoisotopic (exact) mass is 267 g/mol. The van der Waals surface area contributed by atoms with Crippen molar-refractivity contribution in [2.45, 2.75) is 20.4 Å². The number of benzene rings is 1. The standard InChI is InChI=1S/C13H21N3O3/c1-3-15(7-8-19-4-2)10-11-5-6-12(14)13(9-11)16(17)18/h5-6,9H,3-4,7-8,10,14H2,1-2H3. The van der Waals surface area contributed by atoms with Crippen LogP contribution >= 0.6 is 0 Å². The highest BCUT2D eigenvalue weighted by Gasteiger charge is 2.13. The number of ether oxygens (including phenoxy) is 1. The van der Waals surface area contributed by atoms with Crippen LogP contribution < -0.4 is 5.73 Å². The van der Waals surface area contributed by atoms with Crippen molar-refractivity contribution >= 4 is 11.4 Å². The van der Waals surface area contributed by atoms with Crippen molar-refractivity contribution in [1.29, 1.82) is 0 Å².